The number of rotatable bonds is 7. The van der Waals surface area contributed by atoms with E-state index in [1.54, 1.807) is 0 Å². The average Bonchev–Trinajstić information content (AvgIpc) is 2.31. The summed E-state index contributed by atoms with van der Waals surface area (Å²) in [5.74, 6) is 1.69. The Balaban J connectivity index is 2.79. The molecule has 0 amide bonds. The van der Waals surface area contributed by atoms with Crippen LogP contribution in [0.1, 0.15) is 44.6 Å². The first-order chi connectivity index (χ1) is 8.54. The van der Waals surface area contributed by atoms with Crippen LogP contribution in [0, 0.1) is 5.92 Å². The Labute approximate surface area is 121 Å². The highest BCUT2D eigenvalue weighted by molar-refractivity contribution is 6.30. The molecule has 0 saturated carbocycles. The van der Waals surface area contributed by atoms with E-state index >= 15 is 0 Å². The number of benzene rings is 1. The van der Waals surface area contributed by atoms with Crippen LogP contribution in [0.4, 0.5) is 0 Å². The fourth-order valence-electron chi connectivity index (χ4n) is 2.34. The van der Waals surface area contributed by atoms with Crippen LogP contribution < -0.4 is 5.73 Å². The second kappa shape index (κ2) is 8.04. The van der Waals surface area contributed by atoms with E-state index in [0.29, 0.717) is 17.7 Å². The first-order valence-electron chi connectivity index (χ1n) is 6.61. The van der Waals surface area contributed by atoms with Crippen LogP contribution in [-0.2, 0) is 0 Å². The molecule has 1 aromatic rings. The lowest BCUT2D eigenvalue weighted by molar-refractivity contribution is 0.415. The Bertz CT molecular complexity index is 335. The molecule has 18 heavy (non-hydrogen) atoms. The molecule has 0 aliphatic rings. The van der Waals surface area contributed by atoms with Crippen LogP contribution in [0.15, 0.2) is 24.3 Å². The van der Waals surface area contributed by atoms with Gasteiger partial charge in [-0.1, -0.05) is 37.6 Å². The topological polar surface area (TPSA) is 26.0 Å². The van der Waals surface area contributed by atoms with Gasteiger partial charge < -0.3 is 5.73 Å². The molecule has 0 bridgehead atoms. The number of nitrogens with two attached hydrogens (primary N) is 1. The van der Waals surface area contributed by atoms with Crippen molar-refractivity contribution in [1.82, 2.24) is 0 Å². The van der Waals surface area contributed by atoms with Crippen molar-refractivity contribution >= 4 is 23.2 Å². The fraction of sp³-hybridized carbons (Fsp3) is 0.600. The smallest absolute Gasteiger partial charge is 0.0406 e. The summed E-state index contributed by atoms with van der Waals surface area (Å²) in [5.41, 5.74) is 7.63. The van der Waals surface area contributed by atoms with Gasteiger partial charge in [0.1, 0.15) is 0 Å². The van der Waals surface area contributed by atoms with E-state index in [4.69, 9.17) is 28.9 Å². The van der Waals surface area contributed by atoms with E-state index in [2.05, 4.69) is 26.0 Å². The van der Waals surface area contributed by atoms with Gasteiger partial charge in [0.25, 0.3) is 0 Å². The van der Waals surface area contributed by atoms with Crippen LogP contribution >= 0.6 is 23.2 Å². The van der Waals surface area contributed by atoms with E-state index in [1.807, 2.05) is 12.1 Å². The van der Waals surface area contributed by atoms with E-state index in [-0.39, 0.29) is 6.04 Å². The maximum atomic E-state index is 6.35. The molecule has 0 aliphatic carbocycles. The molecule has 0 heterocycles. The lowest BCUT2D eigenvalue weighted by atomic mass is 9.84. The standard InChI is InChI=1S/C15H23Cl2N/c1-11(2)10-15(18)14(4-3-9-16)12-5-7-13(17)8-6-12/h5-8,11,14-15H,3-4,9-10,18H2,1-2H3. The average molecular weight is 288 g/mol. The van der Waals surface area contributed by atoms with Crippen molar-refractivity contribution in [2.24, 2.45) is 11.7 Å². The van der Waals surface area contributed by atoms with Crippen LogP contribution in [0.5, 0.6) is 0 Å². The van der Waals surface area contributed by atoms with E-state index in [9.17, 15) is 0 Å². The summed E-state index contributed by atoms with van der Waals surface area (Å²) >= 11 is 11.7. The second-order valence-corrected chi connectivity index (χ2v) is 6.10. The number of hydrogen-bond donors (Lipinski definition) is 1. The maximum absolute atomic E-state index is 6.35. The minimum absolute atomic E-state index is 0.189. The summed E-state index contributed by atoms with van der Waals surface area (Å²) in [5, 5.41) is 0.771. The molecule has 0 aromatic heterocycles. The van der Waals surface area contributed by atoms with Gasteiger partial charge >= 0.3 is 0 Å². The first kappa shape index (κ1) is 15.8. The monoisotopic (exact) mass is 287 g/mol. The van der Waals surface area contributed by atoms with Gasteiger partial charge in [0.15, 0.2) is 0 Å². The van der Waals surface area contributed by atoms with Crippen molar-refractivity contribution in [3.05, 3.63) is 34.9 Å². The van der Waals surface area contributed by atoms with Gasteiger partial charge in [-0.15, -0.1) is 11.6 Å². The third kappa shape index (κ3) is 5.17. The van der Waals surface area contributed by atoms with Gasteiger partial charge in [-0.2, -0.15) is 0 Å². The quantitative estimate of drug-likeness (QED) is 0.715. The first-order valence-corrected chi connectivity index (χ1v) is 7.52. The zero-order valence-corrected chi connectivity index (χ0v) is 12.7. The summed E-state index contributed by atoms with van der Waals surface area (Å²) in [6.45, 7) is 4.42. The molecule has 0 spiro atoms. The summed E-state index contributed by atoms with van der Waals surface area (Å²) in [6.07, 6.45) is 3.08. The number of alkyl halides is 1. The van der Waals surface area contributed by atoms with Crippen LogP contribution in [0.25, 0.3) is 0 Å². The minimum atomic E-state index is 0.189. The number of hydrogen-bond acceptors (Lipinski definition) is 1. The van der Waals surface area contributed by atoms with Crippen LogP contribution in [0.2, 0.25) is 5.02 Å². The molecule has 1 aromatic carbocycles. The summed E-state index contributed by atoms with van der Waals surface area (Å²) in [6, 6.07) is 8.23. The van der Waals surface area contributed by atoms with Gasteiger partial charge in [-0.3, -0.25) is 0 Å². The van der Waals surface area contributed by atoms with Crippen molar-refractivity contribution < 1.29 is 0 Å². The Kier molecular flexibility index (Phi) is 7.06. The maximum Gasteiger partial charge on any atom is 0.0406 e. The third-order valence-corrected chi connectivity index (χ3v) is 3.73. The van der Waals surface area contributed by atoms with Crippen molar-refractivity contribution in [2.45, 2.75) is 45.1 Å². The predicted octanol–water partition coefficient (Wildman–Crippen LogP) is 4.82. The van der Waals surface area contributed by atoms with Crippen LogP contribution in [0.3, 0.4) is 0 Å². The Morgan fingerprint density at radius 2 is 1.78 bits per heavy atom. The van der Waals surface area contributed by atoms with Gasteiger partial charge in [0.2, 0.25) is 0 Å². The molecule has 102 valence electrons. The van der Waals surface area contributed by atoms with Gasteiger partial charge in [-0.05, 0) is 48.8 Å². The molecular formula is C15H23Cl2N. The van der Waals surface area contributed by atoms with Gasteiger partial charge in [0.05, 0.1) is 0 Å². The fourth-order valence-corrected chi connectivity index (χ4v) is 2.62. The highest BCUT2D eigenvalue weighted by Gasteiger charge is 2.20. The second-order valence-electron chi connectivity index (χ2n) is 5.28. The molecule has 0 aliphatic heterocycles. The molecule has 0 radical (unpaired) electrons. The van der Waals surface area contributed by atoms with E-state index in [0.717, 1.165) is 24.3 Å². The van der Waals surface area contributed by atoms with Crippen molar-refractivity contribution in [3.63, 3.8) is 0 Å². The normalized spacial score (nSPS) is 14.8. The van der Waals surface area contributed by atoms with Gasteiger partial charge in [-0.25, -0.2) is 0 Å². The van der Waals surface area contributed by atoms with E-state index < -0.39 is 0 Å². The molecular weight excluding hydrogens is 265 g/mol. The highest BCUT2D eigenvalue weighted by atomic mass is 35.5. The summed E-state index contributed by atoms with van der Waals surface area (Å²) in [4.78, 5) is 0. The SMILES string of the molecule is CC(C)CC(N)C(CCCCl)c1ccc(Cl)cc1. The predicted molar refractivity (Wildman–Crippen MR) is 81.6 cm³/mol. The Morgan fingerprint density at radius 1 is 1.17 bits per heavy atom. The van der Waals surface area contributed by atoms with Gasteiger partial charge in [0, 0.05) is 16.9 Å². The highest BCUT2D eigenvalue weighted by Crippen LogP contribution is 2.28. The molecule has 1 nitrogen and oxygen atoms in total. The van der Waals surface area contributed by atoms with Crippen LogP contribution in [-0.4, -0.2) is 11.9 Å². The molecule has 2 atom stereocenters. The lowest BCUT2D eigenvalue weighted by Gasteiger charge is -2.25. The zero-order valence-electron chi connectivity index (χ0n) is 11.2. The molecule has 2 unspecified atom stereocenters. The lowest BCUT2D eigenvalue weighted by Crippen LogP contribution is -2.30. The Hall–Kier alpha value is -0.240. The third-order valence-electron chi connectivity index (χ3n) is 3.21. The summed E-state index contributed by atoms with van der Waals surface area (Å²) in [7, 11) is 0. The molecule has 2 N–H and O–H groups in total. The van der Waals surface area contributed by atoms with E-state index in [1.165, 1.54) is 5.56 Å². The molecule has 3 heteroatoms. The Morgan fingerprint density at radius 3 is 2.28 bits per heavy atom. The minimum Gasteiger partial charge on any atom is -0.327 e. The van der Waals surface area contributed by atoms with Crippen molar-refractivity contribution in [3.8, 4) is 0 Å². The number of halogens is 2. The summed E-state index contributed by atoms with van der Waals surface area (Å²) < 4.78 is 0. The van der Waals surface area contributed by atoms with Crippen molar-refractivity contribution in [2.75, 3.05) is 5.88 Å². The molecule has 0 fully saturated rings. The molecule has 0 saturated heterocycles. The largest absolute Gasteiger partial charge is 0.327 e. The van der Waals surface area contributed by atoms with Crippen molar-refractivity contribution in [1.29, 1.82) is 0 Å². The molecule has 1 rings (SSSR count). The zero-order chi connectivity index (χ0) is 13.5.